The number of aromatic nitrogens is 4. The van der Waals surface area contributed by atoms with E-state index in [4.69, 9.17) is 18.9 Å². The molecule has 536 valence electrons. The average molecular weight is 1490 g/mol. The molecule has 12 rings (SSSR count). The summed E-state index contributed by atoms with van der Waals surface area (Å²) in [6.07, 6.45) is 6.20. The highest BCUT2D eigenvalue weighted by molar-refractivity contribution is 7.93. The van der Waals surface area contributed by atoms with E-state index in [1.165, 1.54) is 126 Å². The summed E-state index contributed by atoms with van der Waals surface area (Å²) >= 11 is 0. The molecule has 0 saturated carbocycles. The second-order valence-electron chi connectivity index (χ2n) is 21.4. The van der Waals surface area contributed by atoms with Crippen LogP contribution in [0.4, 0.5) is 68.8 Å². The van der Waals surface area contributed by atoms with Crippen molar-refractivity contribution in [3.63, 3.8) is 0 Å². The molecule has 0 atom stereocenters. The number of phenols is 4. The molecule has 8 aromatic carbocycles. The topological polar surface area (TPSA) is 402 Å². The minimum atomic E-state index is -3.79. The number of ether oxygens (including phenoxy) is 4. The van der Waals surface area contributed by atoms with Crippen LogP contribution in [0.1, 0.15) is 0 Å². The van der Waals surface area contributed by atoms with Crippen molar-refractivity contribution < 1.29 is 73.0 Å². The van der Waals surface area contributed by atoms with Crippen LogP contribution in [0.15, 0.2) is 287 Å². The molecule has 0 fully saturated rings. The molecule has 0 aliphatic heterocycles. The predicted molar refractivity (Wildman–Crippen MR) is 398 cm³/mol. The highest BCUT2D eigenvalue weighted by Gasteiger charge is 2.22. The van der Waals surface area contributed by atoms with Crippen LogP contribution < -0.4 is 59.1 Å². The normalized spacial score (nSPS) is 11.0. The molecular weight excluding hydrogens is 1420 g/mol. The van der Waals surface area contributed by atoms with Crippen LogP contribution in [0.5, 0.6) is 46.0 Å². The van der Waals surface area contributed by atoms with Gasteiger partial charge in [-0.1, -0.05) is 0 Å². The molecule has 0 unspecified atom stereocenters. The lowest BCUT2D eigenvalue weighted by Gasteiger charge is -2.13. The lowest BCUT2D eigenvalue weighted by Crippen LogP contribution is -2.14. The van der Waals surface area contributed by atoms with Crippen molar-refractivity contribution >= 4 is 109 Å². The van der Waals surface area contributed by atoms with E-state index < -0.39 is 40.1 Å². The van der Waals surface area contributed by atoms with Crippen molar-refractivity contribution in [2.24, 2.45) is 0 Å². The number of hydrogen-bond acceptors (Lipinski definition) is 24. The SMILES string of the molecule is COc1ccc(S(=O)(=O)Nc2cccnc2Nc2ccc(O)cc2)cc1.COc1ccc(S(=O)(=O)Nc2cccnc2Nc2ccc(O)cc2)cc1.COc1ccc(S(=O)(=O)Nc2cccnc2Nc2ccc(O)cc2)cc1.COc1ccc(S(=O)(=O)Nc2cccnc2Nc2ccc(O)cc2)cc1. The molecule has 0 amide bonds. The average Bonchev–Trinajstić information content (AvgIpc) is 0.832. The van der Waals surface area contributed by atoms with Crippen molar-refractivity contribution in [2.75, 3.05) is 68.6 Å². The van der Waals surface area contributed by atoms with E-state index >= 15 is 0 Å². The Balaban J connectivity index is 0.000000161. The van der Waals surface area contributed by atoms with Crippen molar-refractivity contribution in [3.05, 3.63) is 267 Å². The molecule has 4 aromatic heterocycles. The van der Waals surface area contributed by atoms with Gasteiger partial charge >= 0.3 is 0 Å². The largest absolute Gasteiger partial charge is 0.508 e. The molecule has 32 heteroatoms. The van der Waals surface area contributed by atoms with Gasteiger partial charge in [-0.2, -0.15) is 0 Å². The lowest BCUT2D eigenvalue weighted by molar-refractivity contribution is 0.414. The number of benzene rings is 8. The van der Waals surface area contributed by atoms with Gasteiger partial charge in [0.05, 0.1) is 70.8 Å². The molecule has 12 N–H and O–H groups in total. The van der Waals surface area contributed by atoms with Crippen LogP contribution in [-0.4, -0.2) is 102 Å². The summed E-state index contributed by atoms with van der Waals surface area (Å²) in [6, 6.07) is 62.7. The Bertz CT molecular complexity index is 4620. The molecule has 0 aliphatic carbocycles. The first-order chi connectivity index (χ1) is 49.9. The molecule has 4 heterocycles. The third kappa shape index (κ3) is 21.5. The second-order valence-corrected chi connectivity index (χ2v) is 28.1. The number of aromatic hydroxyl groups is 4. The number of anilines is 12. The van der Waals surface area contributed by atoms with Crippen LogP contribution in [0.2, 0.25) is 0 Å². The summed E-state index contributed by atoms with van der Waals surface area (Å²) in [7, 11) is -9.09. The van der Waals surface area contributed by atoms with Crippen LogP contribution in [0, 0.1) is 0 Å². The minimum Gasteiger partial charge on any atom is -0.508 e. The quantitative estimate of drug-likeness (QED) is 0.0250. The van der Waals surface area contributed by atoms with Crippen LogP contribution >= 0.6 is 0 Å². The fourth-order valence-electron chi connectivity index (χ4n) is 8.91. The van der Waals surface area contributed by atoms with E-state index in [1.807, 2.05) is 0 Å². The molecule has 0 radical (unpaired) electrons. The molecule has 0 spiro atoms. The smallest absolute Gasteiger partial charge is 0.262 e. The van der Waals surface area contributed by atoms with Crippen molar-refractivity contribution in [2.45, 2.75) is 19.6 Å². The summed E-state index contributed by atoms with van der Waals surface area (Å²) in [5, 5.41) is 49.5. The first-order valence-electron chi connectivity index (χ1n) is 30.6. The van der Waals surface area contributed by atoms with Gasteiger partial charge in [-0.25, -0.2) is 53.6 Å². The monoisotopic (exact) mass is 1480 g/mol. The van der Waals surface area contributed by atoms with Crippen LogP contribution in [-0.2, 0) is 40.1 Å². The molecule has 0 saturated heterocycles. The van der Waals surface area contributed by atoms with Crippen molar-refractivity contribution in [3.8, 4) is 46.0 Å². The Morgan fingerprint density at radius 2 is 0.423 bits per heavy atom. The number of nitrogens with one attached hydrogen (secondary N) is 8. The van der Waals surface area contributed by atoms with E-state index in [-0.39, 0.29) is 42.6 Å². The Morgan fingerprint density at radius 3 is 0.587 bits per heavy atom. The Hall–Kier alpha value is -13.0. The third-order valence-electron chi connectivity index (χ3n) is 14.2. The van der Waals surface area contributed by atoms with Crippen molar-refractivity contribution in [1.29, 1.82) is 0 Å². The number of pyridine rings is 4. The van der Waals surface area contributed by atoms with Gasteiger partial charge in [0.2, 0.25) is 0 Å². The third-order valence-corrected chi connectivity index (χ3v) is 19.7. The van der Waals surface area contributed by atoms with Gasteiger partial charge in [0.15, 0.2) is 23.3 Å². The van der Waals surface area contributed by atoms with Crippen LogP contribution in [0.25, 0.3) is 0 Å². The summed E-state index contributed by atoms with van der Waals surface area (Å²) < 4.78 is 131. The maximum absolute atomic E-state index is 12.6. The van der Waals surface area contributed by atoms with Gasteiger partial charge in [-0.15, -0.1) is 0 Å². The Labute approximate surface area is 599 Å². The fraction of sp³-hybridized carbons (Fsp3) is 0.0556. The van der Waals surface area contributed by atoms with Gasteiger partial charge in [-0.05, 0) is 243 Å². The van der Waals surface area contributed by atoms with Gasteiger partial charge in [-0.3, -0.25) is 18.9 Å². The molecule has 0 aliphatic rings. The Morgan fingerprint density at radius 1 is 0.250 bits per heavy atom. The maximum Gasteiger partial charge on any atom is 0.262 e. The van der Waals surface area contributed by atoms with E-state index in [9.17, 15) is 54.1 Å². The van der Waals surface area contributed by atoms with E-state index in [0.717, 1.165) is 0 Å². The zero-order chi connectivity index (χ0) is 74.3. The number of rotatable bonds is 24. The van der Waals surface area contributed by atoms with Gasteiger partial charge in [0.25, 0.3) is 40.1 Å². The first kappa shape index (κ1) is 75.2. The van der Waals surface area contributed by atoms with Gasteiger partial charge < -0.3 is 60.6 Å². The number of methoxy groups -OCH3 is 4. The second kappa shape index (κ2) is 34.8. The van der Waals surface area contributed by atoms with Gasteiger partial charge in [0, 0.05) is 47.5 Å². The maximum atomic E-state index is 12.6. The molecule has 28 nitrogen and oxygen atoms in total. The molecule has 12 aromatic rings. The number of hydrogen-bond donors (Lipinski definition) is 12. The zero-order valence-electron chi connectivity index (χ0n) is 55.5. The molecule has 0 bridgehead atoms. The standard InChI is InChI=1S/4C18H17N3O4S/c4*1-25-15-8-10-16(11-9-15)26(23,24)21-17-3-2-12-19-18(17)20-13-4-6-14(22)7-5-13/h4*2-12,21-22H,1H3,(H,19,20). The minimum absolute atomic E-state index is 0.109. The first-order valence-corrected chi connectivity index (χ1v) is 36.6. The Kier molecular flexibility index (Phi) is 25.2. The highest BCUT2D eigenvalue weighted by atomic mass is 32.2. The number of sulfonamides is 4. The fourth-order valence-corrected chi connectivity index (χ4v) is 13.2. The van der Waals surface area contributed by atoms with Crippen LogP contribution in [0.3, 0.4) is 0 Å². The van der Waals surface area contributed by atoms with E-state index in [2.05, 4.69) is 60.1 Å². The summed E-state index contributed by atoms with van der Waals surface area (Å²) in [6.45, 7) is 0. The van der Waals surface area contributed by atoms with Crippen molar-refractivity contribution in [1.82, 2.24) is 19.9 Å². The highest BCUT2D eigenvalue weighted by Crippen LogP contribution is 2.32. The number of nitrogens with zero attached hydrogens (tertiary/aromatic N) is 4. The van der Waals surface area contributed by atoms with Gasteiger partial charge in [0.1, 0.15) is 46.0 Å². The molecular formula is C72H68N12O16S4. The summed E-state index contributed by atoms with van der Waals surface area (Å²) in [5.41, 5.74) is 3.84. The van der Waals surface area contributed by atoms with E-state index in [0.29, 0.717) is 91.8 Å². The predicted octanol–water partition coefficient (Wildman–Crippen LogP) is 13.4. The lowest BCUT2D eigenvalue weighted by atomic mass is 10.3. The molecule has 104 heavy (non-hydrogen) atoms. The number of phenolic OH excluding ortho intramolecular Hbond substituents is 4. The summed E-state index contributed by atoms with van der Waals surface area (Å²) in [4.78, 5) is 17.2. The van der Waals surface area contributed by atoms with E-state index in [1.54, 1.807) is 170 Å². The zero-order valence-corrected chi connectivity index (χ0v) is 58.8. The summed E-state index contributed by atoms with van der Waals surface area (Å²) in [5.74, 6) is 4.19.